The zero-order chi connectivity index (χ0) is 26.6. The summed E-state index contributed by atoms with van der Waals surface area (Å²) in [6.07, 6.45) is 4.90. The highest BCUT2D eigenvalue weighted by Gasteiger charge is 2.73. The molecule has 3 aliphatic rings. The molecule has 1 aromatic carbocycles. The maximum Gasteiger partial charge on any atom is 0.315 e. The van der Waals surface area contributed by atoms with Crippen LogP contribution in [0.1, 0.15) is 75.6 Å². The van der Waals surface area contributed by atoms with Gasteiger partial charge in [-0.3, -0.25) is 9.59 Å². The normalized spacial score (nSPS) is 22.5. The molecule has 196 valence electrons. The van der Waals surface area contributed by atoms with Gasteiger partial charge in [0, 0.05) is 17.4 Å². The van der Waals surface area contributed by atoms with Gasteiger partial charge in [0.2, 0.25) is 5.78 Å². The zero-order valence-corrected chi connectivity index (χ0v) is 22.2. The van der Waals surface area contributed by atoms with Crippen molar-refractivity contribution in [2.75, 3.05) is 13.7 Å². The van der Waals surface area contributed by atoms with E-state index in [-0.39, 0.29) is 35.8 Å². The lowest BCUT2D eigenvalue weighted by molar-refractivity contribution is -0.153. The summed E-state index contributed by atoms with van der Waals surface area (Å²) >= 11 is 0. The van der Waals surface area contributed by atoms with Crippen LogP contribution < -0.4 is 9.47 Å². The zero-order valence-electron chi connectivity index (χ0n) is 22.2. The second kappa shape index (κ2) is 8.53. The fourth-order valence-corrected chi connectivity index (χ4v) is 5.64. The Bertz CT molecular complexity index is 1270. The first-order valence-corrected chi connectivity index (χ1v) is 12.5. The second-order valence-corrected chi connectivity index (χ2v) is 11.5. The number of ketones is 1. The third-order valence-corrected chi connectivity index (χ3v) is 7.51. The summed E-state index contributed by atoms with van der Waals surface area (Å²) in [4.78, 5) is 38.8. The number of benzene rings is 1. The van der Waals surface area contributed by atoms with Gasteiger partial charge in [0.05, 0.1) is 19.5 Å². The van der Waals surface area contributed by atoms with Gasteiger partial charge >= 0.3 is 5.97 Å². The Labute approximate surface area is 216 Å². The molecule has 1 fully saturated rings. The second-order valence-electron chi connectivity index (χ2n) is 11.5. The van der Waals surface area contributed by atoms with E-state index in [1.807, 2.05) is 39.0 Å². The summed E-state index contributed by atoms with van der Waals surface area (Å²) in [5.74, 6) is 1.13. The first kappa shape index (κ1) is 25.2. The molecule has 5 rings (SSSR count). The number of rotatable bonds is 6. The number of methoxy groups -OCH3 is 1. The number of carbonyl (C=O) groups is 2. The number of hydrogen-bond acceptors (Lipinski definition) is 9. The van der Waals surface area contributed by atoms with E-state index in [2.05, 4.69) is 23.8 Å². The fraction of sp³-hybridized carbons (Fsp3) is 0.536. The largest absolute Gasteiger partial charge is 0.494 e. The molecular weight excluding hydrogens is 474 g/mol. The van der Waals surface area contributed by atoms with E-state index in [4.69, 9.17) is 23.9 Å². The molecule has 0 unspecified atom stereocenters. The quantitative estimate of drug-likeness (QED) is 0.422. The van der Waals surface area contributed by atoms with Crippen molar-refractivity contribution in [3.8, 4) is 11.5 Å². The maximum absolute atomic E-state index is 12.9. The number of fused-ring (bicyclic) bond motifs is 3. The molecule has 0 saturated heterocycles. The fourth-order valence-electron chi connectivity index (χ4n) is 5.64. The van der Waals surface area contributed by atoms with Crippen molar-refractivity contribution >= 4 is 17.7 Å². The van der Waals surface area contributed by atoms with Gasteiger partial charge in [-0.05, 0) is 65.2 Å². The number of aliphatic imine (C=N–C) groups is 1. The molecule has 1 aromatic heterocycles. The van der Waals surface area contributed by atoms with Crippen molar-refractivity contribution in [3.63, 3.8) is 0 Å². The van der Waals surface area contributed by atoms with Gasteiger partial charge in [-0.1, -0.05) is 6.07 Å². The predicted molar refractivity (Wildman–Crippen MR) is 135 cm³/mol. The molecular formula is C28H33N3O6. The van der Waals surface area contributed by atoms with E-state index in [9.17, 15) is 9.59 Å². The Kier molecular flexibility index (Phi) is 5.80. The van der Waals surface area contributed by atoms with Gasteiger partial charge in [-0.2, -0.15) is 0 Å². The average Bonchev–Trinajstić information content (AvgIpc) is 3.55. The lowest BCUT2D eigenvalue weighted by Crippen LogP contribution is -2.55. The van der Waals surface area contributed by atoms with Gasteiger partial charge in [0.15, 0.2) is 17.5 Å². The molecule has 1 saturated carbocycles. The van der Waals surface area contributed by atoms with Crippen LogP contribution in [-0.4, -0.2) is 52.5 Å². The molecule has 0 N–H and O–H groups in total. The minimum absolute atomic E-state index is 0.0291. The topological polar surface area (TPSA) is 109 Å². The lowest BCUT2D eigenvalue weighted by atomic mass is 9.65. The highest BCUT2D eigenvalue weighted by molar-refractivity contribution is 5.96. The Morgan fingerprint density at radius 3 is 2.41 bits per heavy atom. The summed E-state index contributed by atoms with van der Waals surface area (Å²) in [5.41, 5.74) is -0.375. The average molecular weight is 508 g/mol. The number of Topliss-reactive ketones (excluding diaryl/α,β-unsaturated/α-hetero) is 1. The first-order chi connectivity index (χ1) is 17.4. The number of aromatic nitrogens is 2. The van der Waals surface area contributed by atoms with Gasteiger partial charge in [-0.15, -0.1) is 0 Å². The Balaban J connectivity index is 1.48. The van der Waals surface area contributed by atoms with E-state index in [1.165, 1.54) is 19.5 Å². The van der Waals surface area contributed by atoms with Crippen molar-refractivity contribution in [2.45, 2.75) is 77.0 Å². The molecule has 3 heterocycles. The number of ether oxygens (including phenoxy) is 4. The predicted octanol–water partition coefficient (Wildman–Crippen LogP) is 4.22. The standard InChI is InChI=1S/C28H33N3O6/c1-25(2,3)37-23(33)13-22-31-28(16-35-22)19-11-17(12-20(32)24-29-14-18(34-6)15-30-24)7-8-21(19)36-26(4,5)27(28)9-10-27/h7-8,11,14-15H,9-10,12-13,16H2,1-6H3/t28-/m0/s1. The molecule has 9 heteroatoms. The van der Waals surface area contributed by atoms with E-state index in [0.29, 0.717) is 24.0 Å². The molecule has 0 radical (unpaired) electrons. The van der Waals surface area contributed by atoms with Crippen LogP contribution in [0.5, 0.6) is 11.5 Å². The molecule has 0 amide bonds. The summed E-state index contributed by atoms with van der Waals surface area (Å²) in [6, 6.07) is 5.76. The van der Waals surface area contributed by atoms with Gasteiger partial charge < -0.3 is 18.9 Å². The molecule has 2 aliphatic heterocycles. The smallest absolute Gasteiger partial charge is 0.315 e. The van der Waals surface area contributed by atoms with Crippen molar-refractivity contribution in [1.29, 1.82) is 0 Å². The monoisotopic (exact) mass is 507 g/mol. The van der Waals surface area contributed by atoms with Crippen LogP contribution in [0.2, 0.25) is 0 Å². The minimum atomic E-state index is -0.711. The molecule has 2 aromatic rings. The third kappa shape index (κ3) is 4.34. The van der Waals surface area contributed by atoms with Crippen LogP contribution in [0.25, 0.3) is 0 Å². The Morgan fingerprint density at radius 2 is 1.78 bits per heavy atom. The van der Waals surface area contributed by atoms with Crippen LogP contribution in [0.15, 0.2) is 35.6 Å². The molecule has 1 aliphatic carbocycles. The Hall–Kier alpha value is -3.49. The number of nitrogens with zero attached hydrogens (tertiary/aromatic N) is 3. The summed E-state index contributed by atoms with van der Waals surface area (Å²) in [7, 11) is 1.52. The minimum Gasteiger partial charge on any atom is -0.494 e. The molecule has 0 bridgehead atoms. The van der Waals surface area contributed by atoms with Crippen LogP contribution in [0.4, 0.5) is 0 Å². The van der Waals surface area contributed by atoms with Crippen molar-refractivity contribution < 1.29 is 28.5 Å². The summed E-state index contributed by atoms with van der Waals surface area (Å²) in [5, 5.41) is 0. The van der Waals surface area contributed by atoms with E-state index in [0.717, 1.165) is 24.0 Å². The molecule has 37 heavy (non-hydrogen) atoms. The Morgan fingerprint density at radius 1 is 1.08 bits per heavy atom. The molecule has 1 atom stereocenters. The SMILES string of the molecule is COc1cnc(C(=O)Cc2ccc3c(c2)[C@@]2(COC(CC(=O)OC(C)(C)C)=N2)C2(CC2)C(C)(C)O3)nc1. The molecule has 2 spiro atoms. The van der Waals surface area contributed by atoms with Crippen LogP contribution >= 0.6 is 0 Å². The molecule has 9 nitrogen and oxygen atoms in total. The van der Waals surface area contributed by atoms with E-state index < -0.39 is 16.7 Å². The lowest BCUT2D eigenvalue weighted by Gasteiger charge is -2.49. The number of esters is 1. The van der Waals surface area contributed by atoms with Crippen LogP contribution in [-0.2, 0) is 26.2 Å². The van der Waals surface area contributed by atoms with Gasteiger partial charge in [0.25, 0.3) is 0 Å². The van der Waals surface area contributed by atoms with Crippen molar-refractivity contribution in [1.82, 2.24) is 9.97 Å². The summed E-state index contributed by atoms with van der Waals surface area (Å²) in [6.45, 7) is 9.98. The third-order valence-electron chi connectivity index (χ3n) is 7.51. The van der Waals surface area contributed by atoms with Crippen molar-refractivity contribution in [2.24, 2.45) is 10.4 Å². The highest BCUT2D eigenvalue weighted by Crippen LogP contribution is 2.71. The van der Waals surface area contributed by atoms with Crippen LogP contribution in [0, 0.1) is 5.41 Å². The number of hydrogen-bond donors (Lipinski definition) is 0. The van der Waals surface area contributed by atoms with Gasteiger partial charge in [0.1, 0.15) is 35.5 Å². The maximum atomic E-state index is 12.9. The van der Waals surface area contributed by atoms with E-state index in [1.54, 1.807) is 0 Å². The first-order valence-electron chi connectivity index (χ1n) is 12.5. The van der Waals surface area contributed by atoms with Gasteiger partial charge in [-0.25, -0.2) is 15.0 Å². The van der Waals surface area contributed by atoms with E-state index >= 15 is 0 Å². The summed E-state index contributed by atoms with van der Waals surface area (Å²) < 4.78 is 23.1. The number of carbonyl (C=O) groups excluding carboxylic acids is 2. The van der Waals surface area contributed by atoms with Crippen LogP contribution in [0.3, 0.4) is 0 Å². The highest BCUT2D eigenvalue weighted by atomic mass is 16.6. The van der Waals surface area contributed by atoms with Crippen molar-refractivity contribution in [3.05, 3.63) is 47.5 Å².